The first kappa shape index (κ1) is 16.7. The average molecular weight is 336 g/mol. The third-order valence-electron chi connectivity index (χ3n) is 3.35. The second-order valence-electron chi connectivity index (χ2n) is 5.24. The van der Waals surface area contributed by atoms with Gasteiger partial charge in [0.15, 0.2) is 5.43 Å². The first-order chi connectivity index (χ1) is 10.1. The summed E-state index contributed by atoms with van der Waals surface area (Å²) in [5.41, 5.74) is 0.0809. The molecule has 0 atom stereocenters. The maximum atomic E-state index is 12.6. The third kappa shape index (κ3) is 3.40. The molecular weight excluding hydrogens is 318 g/mol. The van der Waals surface area contributed by atoms with Crippen LogP contribution in [0.1, 0.15) is 0 Å². The first-order valence-corrected chi connectivity index (χ1v) is 7.70. The van der Waals surface area contributed by atoms with Crippen molar-refractivity contribution in [2.45, 2.75) is 0 Å². The summed E-state index contributed by atoms with van der Waals surface area (Å²) in [6, 6.07) is 13.5. The molecule has 0 N–H and O–H groups in total. The van der Waals surface area contributed by atoms with Crippen molar-refractivity contribution >= 4 is 43.9 Å². The summed E-state index contributed by atoms with van der Waals surface area (Å²) in [5, 5.41) is 1.52. The van der Waals surface area contributed by atoms with Crippen molar-refractivity contribution in [2.24, 2.45) is 0 Å². The van der Waals surface area contributed by atoms with Crippen molar-refractivity contribution in [1.82, 2.24) is 4.90 Å². The highest BCUT2D eigenvalue weighted by Gasteiger charge is 2.07. The number of hydrogen-bond acceptors (Lipinski definition) is 4. The minimum Gasteiger partial charge on any atom is -0.492 e. The van der Waals surface area contributed by atoms with Gasteiger partial charge in [0.1, 0.15) is 12.4 Å². The maximum Gasteiger partial charge on any atom is 0.196 e. The van der Waals surface area contributed by atoms with E-state index in [0.717, 1.165) is 32.5 Å². The monoisotopic (exact) mass is 335 g/mol. The number of benzene rings is 2. The smallest absolute Gasteiger partial charge is 0.196 e. The average Bonchev–Trinajstić information content (AvgIpc) is 2.48. The number of halogens is 1. The van der Waals surface area contributed by atoms with Gasteiger partial charge in [-0.05, 0) is 44.4 Å². The van der Waals surface area contributed by atoms with E-state index in [0.29, 0.717) is 6.61 Å². The van der Waals surface area contributed by atoms with E-state index in [-0.39, 0.29) is 17.8 Å². The van der Waals surface area contributed by atoms with Gasteiger partial charge in [-0.25, -0.2) is 0 Å². The first-order valence-electron chi connectivity index (χ1n) is 6.88. The third-order valence-corrected chi connectivity index (χ3v) is 4.51. The Morgan fingerprint density at radius 1 is 1.05 bits per heavy atom. The molecule has 0 saturated heterocycles. The Balaban J connectivity index is 0.00000176. The zero-order chi connectivity index (χ0) is 14.8. The highest BCUT2D eigenvalue weighted by atomic mass is 35.5. The van der Waals surface area contributed by atoms with Crippen molar-refractivity contribution in [3.63, 3.8) is 0 Å². The SMILES string of the molecule is CN(C)CCOc1ccc2sc3ccccc3c(=O)c2c1.Cl. The van der Waals surface area contributed by atoms with Crippen molar-refractivity contribution in [2.75, 3.05) is 27.2 Å². The number of likely N-dealkylation sites (N-methyl/N-ethyl adjacent to an activating group) is 1. The number of nitrogens with zero attached hydrogens (tertiary/aromatic N) is 1. The molecule has 0 radical (unpaired) electrons. The Bertz CT molecular complexity index is 845. The van der Waals surface area contributed by atoms with Gasteiger partial charge in [0.2, 0.25) is 0 Å². The van der Waals surface area contributed by atoms with Crippen LogP contribution in [0.2, 0.25) is 0 Å². The summed E-state index contributed by atoms with van der Waals surface area (Å²) >= 11 is 1.64. The van der Waals surface area contributed by atoms with Crippen LogP contribution in [0.4, 0.5) is 0 Å². The van der Waals surface area contributed by atoms with E-state index in [9.17, 15) is 4.79 Å². The molecule has 0 spiro atoms. The summed E-state index contributed by atoms with van der Waals surface area (Å²) in [7, 11) is 4.01. The largest absolute Gasteiger partial charge is 0.492 e. The van der Waals surface area contributed by atoms with Crippen LogP contribution in [0.25, 0.3) is 20.2 Å². The number of hydrogen-bond donors (Lipinski definition) is 0. The number of ether oxygens (including phenoxy) is 1. The Morgan fingerprint density at radius 3 is 2.55 bits per heavy atom. The normalized spacial score (nSPS) is 10.9. The summed E-state index contributed by atoms with van der Waals surface area (Å²) in [6.45, 7) is 1.46. The minimum absolute atomic E-state index is 0. The van der Waals surface area contributed by atoms with Crippen LogP contribution >= 0.6 is 23.7 Å². The van der Waals surface area contributed by atoms with Gasteiger partial charge in [-0.1, -0.05) is 12.1 Å². The van der Waals surface area contributed by atoms with E-state index in [1.165, 1.54) is 0 Å². The molecule has 0 unspecified atom stereocenters. The molecule has 0 fully saturated rings. The Kier molecular flexibility index (Phi) is 5.40. The zero-order valence-corrected chi connectivity index (χ0v) is 14.2. The Labute approximate surface area is 139 Å². The molecule has 3 rings (SSSR count). The number of rotatable bonds is 4. The predicted octanol–water partition coefficient (Wildman–Crippen LogP) is 3.78. The van der Waals surface area contributed by atoms with Gasteiger partial charge in [0.05, 0.1) is 0 Å². The van der Waals surface area contributed by atoms with E-state index in [1.807, 2.05) is 56.6 Å². The lowest BCUT2D eigenvalue weighted by Crippen LogP contribution is -2.19. The van der Waals surface area contributed by atoms with Crippen LogP contribution in [0.3, 0.4) is 0 Å². The van der Waals surface area contributed by atoms with Gasteiger partial charge in [-0.3, -0.25) is 4.79 Å². The molecule has 1 aromatic heterocycles. The molecule has 0 amide bonds. The molecule has 0 aliphatic rings. The molecule has 5 heteroatoms. The molecule has 0 aliphatic heterocycles. The van der Waals surface area contributed by atoms with Crippen LogP contribution in [0, 0.1) is 0 Å². The molecule has 3 aromatic rings. The molecule has 3 nitrogen and oxygen atoms in total. The van der Waals surface area contributed by atoms with Crippen LogP contribution < -0.4 is 10.2 Å². The highest BCUT2D eigenvalue weighted by molar-refractivity contribution is 7.24. The molecule has 116 valence electrons. The van der Waals surface area contributed by atoms with Crippen LogP contribution in [-0.2, 0) is 0 Å². The lowest BCUT2D eigenvalue weighted by molar-refractivity contribution is 0.261. The van der Waals surface area contributed by atoms with Gasteiger partial charge < -0.3 is 9.64 Å². The van der Waals surface area contributed by atoms with Gasteiger partial charge in [0.25, 0.3) is 0 Å². The predicted molar refractivity (Wildman–Crippen MR) is 96.9 cm³/mol. The summed E-state index contributed by atoms with van der Waals surface area (Å²) in [5.74, 6) is 0.754. The van der Waals surface area contributed by atoms with Gasteiger partial charge in [-0.2, -0.15) is 0 Å². The van der Waals surface area contributed by atoms with E-state index >= 15 is 0 Å². The quantitative estimate of drug-likeness (QED) is 0.680. The molecule has 0 aliphatic carbocycles. The van der Waals surface area contributed by atoms with E-state index in [2.05, 4.69) is 4.90 Å². The minimum atomic E-state index is 0. The molecule has 1 heterocycles. The van der Waals surface area contributed by atoms with Crippen molar-refractivity contribution in [1.29, 1.82) is 0 Å². The van der Waals surface area contributed by atoms with Gasteiger partial charge in [0, 0.05) is 26.7 Å². The molecular formula is C17H18ClNO2S. The lowest BCUT2D eigenvalue weighted by atomic mass is 10.2. The van der Waals surface area contributed by atoms with Crippen molar-refractivity contribution in [3.05, 3.63) is 52.7 Å². The zero-order valence-electron chi connectivity index (χ0n) is 12.5. The lowest BCUT2D eigenvalue weighted by Gasteiger charge is -2.11. The van der Waals surface area contributed by atoms with Crippen LogP contribution in [-0.4, -0.2) is 32.1 Å². The van der Waals surface area contributed by atoms with Gasteiger partial charge >= 0.3 is 0 Å². The fraction of sp³-hybridized carbons (Fsp3) is 0.235. The van der Waals surface area contributed by atoms with E-state index in [1.54, 1.807) is 11.3 Å². The molecule has 0 bridgehead atoms. The summed E-state index contributed by atoms with van der Waals surface area (Å²) in [6.07, 6.45) is 0. The van der Waals surface area contributed by atoms with E-state index in [4.69, 9.17) is 4.74 Å². The molecule has 22 heavy (non-hydrogen) atoms. The molecule has 0 saturated carbocycles. The molecule has 2 aromatic carbocycles. The van der Waals surface area contributed by atoms with E-state index < -0.39 is 0 Å². The van der Waals surface area contributed by atoms with Crippen LogP contribution in [0.15, 0.2) is 47.3 Å². The second kappa shape index (κ2) is 7.09. The number of fused-ring (bicyclic) bond motifs is 2. The standard InChI is InChI=1S/C17H17NO2S.ClH/c1-18(2)9-10-20-12-7-8-16-14(11-12)17(19)13-5-3-4-6-15(13)21-16;/h3-8,11H,9-10H2,1-2H3;1H. The van der Waals surface area contributed by atoms with Crippen molar-refractivity contribution in [3.8, 4) is 5.75 Å². The maximum absolute atomic E-state index is 12.6. The Morgan fingerprint density at radius 2 is 1.77 bits per heavy atom. The Hall–Kier alpha value is -1.62. The summed E-state index contributed by atoms with van der Waals surface area (Å²) < 4.78 is 7.74. The topological polar surface area (TPSA) is 29.5 Å². The second-order valence-corrected chi connectivity index (χ2v) is 6.32. The van der Waals surface area contributed by atoms with Gasteiger partial charge in [-0.15, -0.1) is 23.7 Å². The fourth-order valence-corrected chi connectivity index (χ4v) is 3.27. The van der Waals surface area contributed by atoms with Crippen molar-refractivity contribution < 1.29 is 4.74 Å². The summed E-state index contributed by atoms with van der Waals surface area (Å²) in [4.78, 5) is 14.6. The highest BCUT2D eigenvalue weighted by Crippen LogP contribution is 2.27. The fourth-order valence-electron chi connectivity index (χ4n) is 2.22. The van der Waals surface area contributed by atoms with Crippen LogP contribution in [0.5, 0.6) is 5.75 Å².